The van der Waals surface area contributed by atoms with E-state index in [0.717, 1.165) is 35.8 Å². The number of hydrazone groups is 1. The van der Waals surface area contributed by atoms with E-state index in [1.807, 2.05) is 24.3 Å². The topological polar surface area (TPSA) is 103 Å². The Bertz CT molecular complexity index is 1220. The molecule has 3 aliphatic rings. The van der Waals surface area contributed by atoms with Gasteiger partial charge in [0, 0.05) is 70.2 Å². The number of benzene rings is 2. The van der Waals surface area contributed by atoms with E-state index in [2.05, 4.69) is 21.9 Å². The number of hydrogen-bond donors (Lipinski definition) is 2. The van der Waals surface area contributed by atoms with Gasteiger partial charge in [0.1, 0.15) is 5.75 Å². The van der Waals surface area contributed by atoms with Crippen molar-refractivity contribution in [2.24, 2.45) is 5.10 Å². The summed E-state index contributed by atoms with van der Waals surface area (Å²) in [6.07, 6.45) is 2.85. The Kier molecular flexibility index (Phi) is 9.23. The molecule has 39 heavy (non-hydrogen) atoms. The average molecular weight is 542 g/mol. The lowest BCUT2D eigenvalue weighted by Crippen LogP contribution is -2.48. The lowest BCUT2D eigenvalue weighted by Gasteiger charge is -2.33. The number of nitrogens with one attached hydrogen (secondary N) is 2. The van der Waals surface area contributed by atoms with Gasteiger partial charge in [0.25, 0.3) is 11.8 Å². The van der Waals surface area contributed by atoms with E-state index in [4.69, 9.17) is 4.74 Å². The minimum Gasteiger partial charge on any atom is -0.492 e. The van der Waals surface area contributed by atoms with E-state index in [9.17, 15) is 23.2 Å². The predicted molar refractivity (Wildman–Crippen MR) is 143 cm³/mol. The quantitative estimate of drug-likeness (QED) is 0.316. The van der Waals surface area contributed by atoms with Crippen LogP contribution in [0.3, 0.4) is 0 Å². The number of ether oxygens (including phenoxy) is 1. The van der Waals surface area contributed by atoms with E-state index in [1.165, 1.54) is 0 Å². The number of amides is 2. The highest BCUT2D eigenvalue weighted by Crippen LogP contribution is 2.33. The average Bonchev–Trinajstić information content (AvgIpc) is 3.60. The summed E-state index contributed by atoms with van der Waals surface area (Å²) in [6, 6.07) is 11.2. The van der Waals surface area contributed by atoms with Crippen LogP contribution in [0, 0.1) is 0 Å². The molecule has 2 N–H and O–H groups in total. The summed E-state index contributed by atoms with van der Waals surface area (Å²) in [7, 11) is 1.72. The molecule has 3 aliphatic heterocycles. The molecule has 3 heterocycles. The smallest absolute Gasteiger partial charge is 0.261 e. The van der Waals surface area contributed by atoms with Crippen LogP contribution in [0.25, 0.3) is 0 Å². The minimum absolute atomic E-state index is 0.00694. The van der Waals surface area contributed by atoms with Gasteiger partial charge in [-0.1, -0.05) is 30.3 Å². The summed E-state index contributed by atoms with van der Waals surface area (Å²) in [6.45, 7) is 2.92. The van der Waals surface area contributed by atoms with Crippen molar-refractivity contribution in [2.75, 3.05) is 52.9 Å². The monoisotopic (exact) mass is 541 g/mol. The van der Waals surface area contributed by atoms with E-state index in [1.54, 1.807) is 22.9 Å². The summed E-state index contributed by atoms with van der Waals surface area (Å²) in [5, 5.41) is 6.98. The van der Waals surface area contributed by atoms with Gasteiger partial charge in [-0.15, -0.1) is 0 Å². The lowest BCUT2D eigenvalue weighted by atomic mass is 9.95. The van der Waals surface area contributed by atoms with Gasteiger partial charge in [-0.05, 0) is 17.2 Å². The molecular formula is C28H33F2N5O4. The molecular weight excluding hydrogens is 508 g/mol. The SMILES string of the molecule is CN/N=C(/Cc1cc2c(c(C(=O)N3CCN(C=O)CC3)c1)OCC2)c1ccccc1C=O.FC1(F)CCNC1. The zero-order valence-corrected chi connectivity index (χ0v) is 21.9. The molecule has 0 saturated carbocycles. The fraction of sp³-hybridized carbons (Fsp3) is 0.429. The molecule has 208 valence electrons. The second kappa shape index (κ2) is 12.8. The predicted octanol–water partition coefficient (Wildman–Crippen LogP) is 2.13. The third kappa shape index (κ3) is 6.97. The molecule has 0 aliphatic carbocycles. The minimum atomic E-state index is -2.42. The second-order valence-corrected chi connectivity index (χ2v) is 9.61. The molecule has 0 unspecified atom stereocenters. The summed E-state index contributed by atoms with van der Waals surface area (Å²) < 4.78 is 29.6. The fourth-order valence-corrected chi connectivity index (χ4v) is 4.85. The molecule has 0 radical (unpaired) electrons. The van der Waals surface area contributed by atoms with Crippen LogP contribution in [-0.4, -0.2) is 93.0 Å². The molecule has 2 fully saturated rings. The van der Waals surface area contributed by atoms with Gasteiger partial charge < -0.3 is 25.3 Å². The summed E-state index contributed by atoms with van der Waals surface area (Å²) in [5.41, 5.74) is 7.34. The summed E-state index contributed by atoms with van der Waals surface area (Å²) in [5.74, 6) is -1.85. The second-order valence-electron chi connectivity index (χ2n) is 9.61. The first kappa shape index (κ1) is 28.2. The Hall–Kier alpha value is -3.86. The van der Waals surface area contributed by atoms with Gasteiger partial charge >= 0.3 is 0 Å². The number of aldehydes is 1. The molecule has 2 amide bonds. The highest BCUT2D eigenvalue weighted by Gasteiger charge is 2.32. The normalized spacial score (nSPS) is 18.0. The van der Waals surface area contributed by atoms with Crippen LogP contribution >= 0.6 is 0 Å². The maximum atomic E-state index is 13.3. The zero-order valence-electron chi connectivity index (χ0n) is 21.9. The fourth-order valence-electron chi connectivity index (χ4n) is 4.85. The maximum Gasteiger partial charge on any atom is 0.261 e. The third-order valence-electron chi connectivity index (χ3n) is 6.89. The summed E-state index contributed by atoms with van der Waals surface area (Å²) >= 11 is 0. The van der Waals surface area contributed by atoms with Crippen molar-refractivity contribution in [1.82, 2.24) is 20.5 Å². The van der Waals surface area contributed by atoms with Crippen molar-refractivity contribution in [3.05, 3.63) is 64.2 Å². The van der Waals surface area contributed by atoms with Crippen LogP contribution in [0.15, 0.2) is 41.5 Å². The van der Waals surface area contributed by atoms with Gasteiger partial charge in [0.05, 0.1) is 24.4 Å². The molecule has 2 aromatic rings. The van der Waals surface area contributed by atoms with E-state index in [-0.39, 0.29) is 18.9 Å². The standard InChI is InChI=1S/C24H26N4O4.C4H7F2N/c1-25-26-22(20-5-3-2-4-19(20)15-29)14-17-12-18-6-11-32-23(18)21(13-17)24(31)28-9-7-27(16-30)8-10-28;5-4(6)1-2-7-3-4/h2-5,12-13,15-16,25H,6-11,14H2,1H3;7H,1-3H2/b26-22-;. The van der Waals surface area contributed by atoms with Crippen molar-refractivity contribution in [1.29, 1.82) is 0 Å². The van der Waals surface area contributed by atoms with Crippen LogP contribution in [0.2, 0.25) is 0 Å². The van der Waals surface area contributed by atoms with Gasteiger partial charge in [-0.3, -0.25) is 14.4 Å². The molecule has 11 heteroatoms. The Balaban J connectivity index is 0.000000438. The van der Waals surface area contributed by atoms with Crippen molar-refractivity contribution >= 4 is 24.3 Å². The number of hydrogen-bond acceptors (Lipinski definition) is 7. The molecule has 2 saturated heterocycles. The number of fused-ring (bicyclic) bond motifs is 1. The Morgan fingerprint density at radius 3 is 2.54 bits per heavy atom. The van der Waals surface area contributed by atoms with Gasteiger partial charge in [-0.2, -0.15) is 5.10 Å². The van der Waals surface area contributed by atoms with Crippen molar-refractivity contribution in [3.8, 4) is 5.75 Å². The van der Waals surface area contributed by atoms with Crippen LogP contribution in [0.1, 0.15) is 43.8 Å². The Labute approximate surface area is 226 Å². The van der Waals surface area contributed by atoms with Crippen LogP contribution < -0.4 is 15.5 Å². The maximum absolute atomic E-state index is 13.3. The van der Waals surface area contributed by atoms with Gasteiger partial charge in [0.15, 0.2) is 6.29 Å². The zero-order chi connectivity index (χ0) is 27.8. The largest absolute Gasteiger partial charge is 0.492 e. The summed E-state index contributed by atoms with van der Waals surface area (Å²) in [4.78, 5) is 39.3. The molecule has 5 rings (SSSR count). The number of nitrogens with zero attached hydrogens (tertiary/aromatic N) is 3. The Morgan fingerprint density at radius 2 is 1.92 bits per heavy atom. The highest BCUT2D eigenvalue weighted by molar-refractivity contribution is 6.07. The first-order valence-electron chi connectivity index (χ1n) is 13.0. The molecule has 0 spiro atoms. The lowest BCUT2D eigenvalue weighted by molar-refractivity contribution is -0.119. The first-order valence-corrected chi connectivity index (χ1v) is 13.0. The first-order chi connectivity index (χ1) is 18.8. The van der Waals surface area contributed by atoms with Crippen molar-refractivity contribution in [2.45, 2.75) is 25.2 Å². The number of halogens is 2. The highest BCUT2D eigenvalue weighted by atomic mass is 19.3. The number of piperazine rings is 1. The molecule has 0 aromatic heterocycles. The van der Waals surface area contributed by atoms with E-state index < -0.39 is 5.92 Å². The van der Waals surface area contributed by atoms with Crippen LogP contribution in [0.4, 0.5) is 8.78 Å². The van der Waals surface area contributed by atoms with E-state index >= 15 is 0 Å². The molecule has 9 nitrogen and oxygen atoms in total. The van der Waals surface area contributed by atoms with Crippen LogP contribution in [0.5, 0.6) is 5.75 Å². The molecule has 0 atom stereocenters. The van der Waals surface area contributed by atoms with E-state index in [0.29, 0.717) is 68.3 Å². The third-order valence-corrected chi connectivity index (χ3v) is 6.89. The van der Waals surface area contributed by atoms with Gasteiger partial charge in [-0.25, -0.2) is 8.78 Å². The number of alkyl halides is 2. The van der Waals surface area contributed by atoms with Gasteiger partial charge in [0.2, 0.25) is 6.41 Å². The number of carbonyl (C=O) groups excluding carboxylic acids is 3. The molecule has 0 bridgehead atoms. The number of rotatable bonds is 7. The van der Waals surface area contributed by atoms with Crippen molar-refractivity contribution in [3.63, 3.8) is 0 Å². The number of carbonyl (C=O) groups is 3. The Morgan fingerprint density at radius 1 is 1.15 bits per heavy atom. The van der Waals surface area contributed by atoms with Crippen molar-refractivity contribution < 1.29 is 27.9 Å². The van der Waals surface area contributed by atoms with Crippen LogP contribution in [-0.2, 0) is 17.6 Å². The molecule has 2 aromatic carbocycles.